The molecule has 0 bridgehead atoms. The average Bonchev–Trinajstić information content (AvgIpc) is 2.99. The van der Waals surface area contributed by atoms with Crippen LogP contribution < -0.4 is 9.84 Å². The normalized spacial score (nSPS) is 11.0. The standard InChI is InChI=1S/C17H13ClN4O3S/c18-13-7-3-2-6-12(13)16-20-21-17(26)22(16)19-9-11-5-1-4-8-14(11)25-10-15(23)24/h1-9H,10H2,(H,21,26)(H,23,24)/p-1/b19-9-. The molecule has 1 heterocycles. The van der Waals surface area contributed by atoms with Crippen LogP contribution in [-0.4, -0.2) is 33.7 Å². The second-order valence-electron chi connectivity index (χ2n) is 5.09. The van der Waals surface area contributed by atoms with Gasteiger partial charge in [-0.15, -0.1) is 0 Å². The molecule has 0 saturated carbocycles. The van der Waals surface area contributed by atoms with E-state index in [0.29, 0.717) is 27.7 Å². The smallest absolute Gasteiger partial charge is 0.216 e. The number of benzene rings is 2. The molecule has 0 aliphatic rings. The van der Waals surface area contributed by atoms with E-state index >= 15 is 0 Å². The molecule has 0 aliphatic carbocycles. The molecular formula is C17H12ClN4O3S-. The van der Waals surface area contributed by atoms with Crippen LogP contribution >= 0.6 is 23.8 Å². The van der Waals surface area contributed by atoms with Gasteiger partial charge in [0.25, 0.3) is 0 Å². The molecule has 7 nitrogen and oxygen atoms in total. The first kappa shape index (κ1) is 17.8. The number of para-hydroxylation sites is 1. The van der Waals surface area contributed by atoms with Gasteiger partial charge in [-0.2, -0.15) is 14.9 Å². The number of carboxylic acids is 1. The van der Waals surface area contributed by atoms with Gasteiger partial charge in [0.2, 0.25) is 4.77 Å². The Bertz CT molecular complexity index is 1030. The van der Waals surface area contributed by atoms with Crippen LogP contribution in [0, 0.1) is 4.77 Å². The van der Waals surface area contributed by atoms with E-state index in [0.717, 1.165) is 0 Å². The summed E-state index contributed by atoms with van der Waals surface area (Å²) in [7, 11) is 0. The third-order valence-corrected chi connectivity index (χ3v) is 3.94. The molecule has 2 aromatic carbocycles. The van der Waals surface area contributed by atoms with Crippen LogP contribution in [0.25, 0.3) is 11.4 Å². The van der Waals surface area contributed by atoms with Crippen LogP contribution in [0.5, 0.6) is 5.75 Å². The van der Waals surface area contributed by atoms with Crippen molar-refractivity contribution in [1.29, 1.82) is 0 Å². The quantitative estimate of drug-likeness (QED) is 0.517. The monoisotopic (exact) mass is 387 g/mol. The van der Waals surface area contributed by atoms with Crippen molar-refractivity contribution >= 4 is 36.0 Å². The van der Waals surface area contributed by atoms with Gasteiger partial charge in [-0.25, -0.2) is 5.10 Å². The molecule has 0 aliphatic heterocycles. The highest BCUT2D eigenvalue weighted by Gasteiger charge is 2.11. The first-order chi connectivity index (χ1) is 12.6. The molecule has 9 heteroatoms. The fourth-order valence-corrected chi connectivity index (χ4v) is 2.59. The lowest BCUT2D eigenvalue weighted by atomic mass is 10.2. The second kappa shape index (κ2) is 7.94. The Morgan fingerprint density at radius 3 is 2.81 bits per heavy atom. The first-order valence-corrected chi connectivity index (χ1v) is 8.23. The number of H-pyrrole nitrogens is 1. The van der Waals surface area contributed by atoms with E-state index < -0.39 is 12.6 Å². The number of carboxylic acid groups (broad SMARTS) is 1. The van der Waals surface area contributed by atoms with Crippen LogP contribution in [0.15, 0.2) is 53.6 Å². The Hall–Kier alpha value is -2.97. The summed E-state index contributed by atoms with van der Waals surface area (Å²) < 4.78 is 6.90. The van der Waals surface area contributed by atoms with Crippen LogP contribution in [0.3, 0.4) is 0 Å². The minimum Gasteiger partial charge on any atom is -0.546 e. The lowest BCUT2D eigenvalue weighted by Gasteiger charge is -2.09. The van der Waals surface area contributed by atoms with E-state index in [1.807, 2.05) is 12.1 Å². The van der Waals surface area contributed by atoms with Crippen molar-refractivity contribution in [3.8, 4) is 17.1 Å². The maximum atomic E-state index is 10.6. The van der Waals surface area contributed by atoms with E-state index in [1.165, 1.54) is 10.9 Å². The predicted molar refractivity (Wildman–Crippen MR) is 97.8 cm³/mol. The Labute approximate surface area is 158 Å². The van der Waals surface area contributed by atoms with E-state index in [4.69, 9.17) is 28.6 Å². The van der Waals surface area contributed by atoms with Gasteiger partial charge >= 0.3 is 0 Å². The molecule has 132 valence electrons. The fourth-order valence-electron chi connectivity index (χ4n) is 2.19. The summed E-state index contributed by atoms with van der Waals surface area (Å²) in [6.07, 6.45) is 1.50. The molecule has 0 radical (unpaired) electrons. The fraction of sp³-hybridized carbons (Fsp3) is 0.0588. The predicted octanol–water partition coefficient (Wildman–Crippen LogP) is 2.27. The van der Waals surface area contributed by atoms with Crippen molar-refractivity contribution < 1.29 is 14.6 Å². The molecule has 0 amide bonds. The van der Waals surface area contributed by atoms with Gasteiger partial charge in [0.1, 0.15) is 12.4 Å². The molecule has 0 spiro atoms. The highest BCUT2D eigenvalue weighted by atomic mass is 35.5. The summed E-state index contributed by atoms with van der Waals surface area (Å²) in [5, 5.41) is 22.3. The summed E-state index contributed by atoms with van der Waals surface area (Å²) in [4.78, 5) is 10.6. The maximum absolute atomic E-state index is 10.6. The number of ether oxygens (including phenoxy) is 1. The number of rotatable bonds is 6. The van der Waals surface area contributed by atoms with Gasteiger partial charge in [0.15, 0.2) is 5.82 Å². The number of aromatic nitrogens is 3. The number of hydrogen-bond acceptors (Lipinski definition) is 6. The zero-order valence-corrected chi connectivity index (χ0v) is 14.8. The number of nitrogens with zero attached hydrogens (tertiary/aromatic N) is 3. The van der Waals surface area contributed by atoms with E-state index in [9.17, 15) is 9.90 Å². The maximum Gasteiger partial charge on any atom is 0.216 e. The van der Waals surface area contributed by atoms with Crippen LogP contribution in [-0.2, 0) is 4.79 Å². The highest BCUT2D eigenvalue weighted by Crippen LogP contribution is 2.26. The van der Waals surface area contributed by atoms with E-state index in [2.05, 4.69) is 15.3 Å². The number of aromatic amines is 1. The van der Waals surface area contributed by atoms with Crippen molar-refractivity contribution in [3.05, 3.63) is 63.9 Å². The SMILES string of the molecule is O=C([O-])COc1ccccc1/C=N\n1c(-c2ccccc2Cl)n[nH]c1=S. The lowest BCUT2D eigenvalue weighted by molar-refractivity contribution is -0.307. The second-order valence-corrected chi connectivity index (χ2v) is 5.88. The molecule has 26 heavy (non-hydrogen) atoms. The number of carbonyl (C=O) groups excluding carboxylic acids is 1. The van der Waals surface area contributed by atoms with Crippen molar-refractivity contribution in [1.82, 2.24) is 14.9 Å². The molecule has 1 aromatic heterocycles. The van der Waals surface area contributed by atoms with Crippen molar-refractivity contribution in [2.75, 3.05) is 6.61 Å². The van der Waals surface area contributed by atoms with Crippen molar-refractivity contribution in [2.24, 2.45) is 5.10 Å². The molecule has 1 N–H and O–H groups in total. The largest absolute Gasteiger partial charge is 0.546 e. The van der Waals surface area contributed by atoms with Crippen molar-refractivity contribution in [2.45, 2.75) is 0 Å². The summed E-state index contributed by atoms with van der Waals surface area (Å²) in [5.74, 6) is -0.505. The summed E-state index contributed by atoms with van der Waals surface area (Å²) in [5.41, 5.74) is 1.24. The summed E-state index contributed by atoms with van der Waals surface area (Å²) in [6.45, 7) is -0.555. The Balaban J connectivity index is 1.96. The lowest BCUT2D eigenvalue weighted by Crippen LogP contribution is -2.29. The van der Waals surface area contributed by atoms with Gasteiger partial charge in [-0.3, -0.25) is 0 Å². The Morgan fingerprint density at radius 2 is 2.04 bits per heavy atom. The van der Waals surface area contributed by atoms with Gasteiger partial charge in [0.05, 0.1) is 17.2 Å². The molecule has 0 fully saturated rings. The topological polar surface area (TPSA) is 95.3 Å². The highest BCUT2D eigenvalue weighted by molar-refractivity contribution is 7.71. The molecule has 0 atom stereocenters. The van der Waals surface area contributed by atoms with Gasteiger partial charge < -0.3 is 14.6 Å². The molecular weight excluding hydrogens is 376 g/mol. The van der Waals surface area contributed by atoms with Gasteiger partial charge in [-0.05, 0) is 36.5 Å². The molecule has 0 saturated heterocycles. The zero-order valence-electron chi connectivity index (χ0n) is 13.3. The number of halogens is 1. The van der Waals surface area contributed by atoms with Crippen LogP contribution in [0.4, 0.5) is 0 Å². The van der Waals surface area contributed by atoms with Crippen LogP contribution in [0.1, 0.15) is 5.56 Å². The Morgan fingerprint density at radius 1 is 1.31 bits per heavy atom. The van der Waals surface area contributed by atoms with Crippen LogP contribution in [0.2, 0.25) is 5.02 Å². The third-order valence-electron chi connectivity index (χ3n) is 3.34. The average molecular weight is 388 g/mol. The van der Waals surface area contributed by atoms with E-state index in [-0.39, 0.29) is 4.77 Å². The summed E-state index contributed by atoms with van der Waals surface area (Å²) >= 11 is 11.4. The number of carbonyl (C=O) groups is 1. The van der Waals surface area contributed by atoms with E-state index in [1.54, 1.807) is 36.4 Å². The van der Waals surface area contributed by atoms with Gasteiger partial charge in [-0.1, -0.05) is 35.9 Å². The van der Waals surface area contributed by atoms with Gasteiger partial charge in [0, 0.05) is 11.1 Å². The molecule has 0 unspecified atom stereocenters. The summed E-state index contributed by atoms with van der Waals surface area (Å²) in [6, 6.07) is 14.0. The minimum atomic E-state index is -1.31. The number of hydrogen-bond donors (Lipinski definition) is 1. The number of aliphatic carboxylic acids is 1. The zero-order chi connectivity index (χ0) is 18.5. The molecule has 3 rings (SSSR count). The Kier molecular flexibility index (Phi) is 5.45. The molecule has 3 aromatic rings. The minimum absolute atomic E-state index is 0.282. The number of nitrogens with one attached hydrogen (secondary N) is 1. The third kappa shape index (κ3) is 3.98. The van der Waals surface area contributed by atoms with Crippen molar-refractivity contribution in [3.63, 3.8) is 0 Å². The first-order valence-electron chi connectivity index (χ1n) is 7.44.